The smallest absolute Gasteiger partial charge is 0.429 e. The van der Waals surface area contributed by atoms with Gasteiger partial charge in [-0.2, -0.15) is 0 Å². The second-order valence-electron chi connectivity index (χ2n) is 7.88. The molecule has 0 bridgehead atoms. The number of carbonyl (C=O) groups excluding carboxylic acids is 1. The highest BCUT2D eigenvalue weighted by molar-refractivity contribution is 6.42. The van der Waals surface area contributed by atoms with Gasteiger partial charge in [-0.25, -0.2) is 9.78 Å². The second-order valence-corrected chi connectivity index (χ2v) is 8.70. The Morgan fingerprint density at radius 3 is 2.56 bits per heavy atom. The van der Waals surface area contributed by atoms with E-state index in [9.17, 15) is 14.9 Å². The van der Waals surface area contributed by atoms with Crippen molar-refractivity contribution >= 4 is 46.1 Å². The van der Waals surface area contributed by atoms with E-state index in [1.807, 2.05) is 4.57 Å². The maximum Gasteiger partial charge on any atom is 0.514 e. The molecule has 1 unspecified atom stereocenters. The molecular formula is C22H21Cl2N3O5. The molecule has 0 aliphatic heterocycles. The Morgan fingerprint density at radius 1 is 1.19 bits per heavy atom. The van der Waals surface area contributed by atoms with Crippen LogP contribution >= 0.6 is 23.2 Å². The minimum Gasteiger partial charge on any atom is -0.429 e. The first-order chi connectivity index (χ1) is 15.4. The molecule has 32 heavy (non-hydrogen) atoms. The molecule has 0 N–H and O–H groups in total. The lowest BCUT2D eigenvalue weighted by atomic mass is 10.00. The van der Waals surface area contributed by atoms with Gasteiger partial charge in [-0.1, -0.05) is 48.9 Å². The van der Waals surface area contributed by atoms with Crippen molar-refractivity contribution in [2.45, 2.75) is 44.8 Å². The van der Waals surface area contributed by atoms with Crippen molar-refractivity contribution in [2.75, 3.05) is 0 Å². The Hall–Kier alpha value is -2.84. The van der Waals surface area contributed by atoms with E-state index in [0.29, 0.717) is 34.4 Å². The fourth-order valence-corrected chi connectivity index (χ4v) is 4.40. The summed E-state index contributed by atoms with van der Waals surface area (Å²) in [5, 5.41) is 11.6. The Labute approximate surface area is 194 Å². The molecule has 1 atom stereocenters. The van der Waals surface area contributed by atoms with Crippen LogP contribution in [0, 0.1) is 16.0 Å². The van der Waals surface area contributed by atoms with Gasteiger partial charge in [-0.05, 0) is 36.6 Å². The minimum atomic E-state index is -0.854. The summed E-state index contributed by atoms with van der Waals surface area (Å²) in [4.78, 5) is 27.1. The first kappa shape index (κ1) is 22.4. The van der Waals surface area contributed by atoms with Gasteiger partial charge in [0.1, 0.15) is 11.9 Å². The highest BCUT2D eigenvalue weighted by atomic mass is 35.5. The Balaban J connectivity index is 1.48. The topological polar surface area (TPSA) is 96.5 Å². The number of nitrogens with zero attached hydrogens (tertiary/aromatic N) is 3. The lowest BCUT2D eigenvalue weighted by Crippen LogP contribution is -2.27. The molecule has 1 fully saturated rings. The zero-order chi connectivity index (χ0) is 22.7. The number of carbonyl (C=O) groups is 1. The van der Waals surface area contributed by atoms with E-state index in [1.54, 1.807) is 18.5 Å². The third kappa shape index (κ3) is 5.31. The third-order valence-corrected chi connectivity index (χ3v) is 6.37. The van der Waals surface area contributed by atoms with Gasteiger partial charge in [0.2, 0.25) is 0 Å². The number of hydrogen-bond acceptors (Lipinski definition) is 6. The van der Waals surface area contributed by atoms with Crippen molar-refractivity contribution in [3.05, 3.63) is 62.9 Å². The molecule has 3 aromatic rings. The van der Waals surface area contributed by atoms with Gasteiger partial charge in [0.15, 0.2) is 0 Å². The molecule has 8 nitrogen and oxygen atoms in total. The van der Waals surface area contributed by atoms with Gasteiger partial charge in [0.05, 0.1) is 38.9 Å². The lowest BCUT2D eigenvalue weighted by Gasteiger charge is -2.21. The molecule has 0 spiro atoms. The van der Waals surface area contributed by atoms with Crippen molar-refractivity contribution < 1.29 is 19.2 Å². The van der Waals surface area contributed by atoms with E-state index in [0.717, 1.165) is 18.4 Å². The number of hydrogen-bond donors (Lipinski definition) is 0. The van der Waals surface area contributed by atoms with Gasteiger partial charge >= 0.3 is 6.16 Å². The average molecular weight is 478 g/mol. The first-order valence-electron chi connectivity index (χ1n) is 10.3. The van der Waals surface area contributed by atoms with Crippen LogP contribution in [0.3, 0.4) is 0 Å². The van der Waals surface area contributed by atoms with Crippen molar-refractivity contribution in [2.24, 2.45) is 5.92 Å². The van der Waals surface area contributed by atoms with Crippen LogP contribution in [0.15, 0.2) is 42.7 Å². The summed E-state index contributed by atoms with van der Waals surface area (Å²) in [7, 11) is 0. The van der Waals surface area contributed by atoms with E-state index < -0.39 is 17.2 Å². The van der Waals surface area contributed by atoms with Gasteiger partial charge in [-0.15, -0.1) is 0 Å². The number of ether oxygens (including phenoxy) is 2. The standard InChI is InChI=1S/C22H21Cl2N3O5/c23-18-10-20-21(11-19(18)24)26(13-25-20)12-17(9-14-3-1-2-4-14)32-22(28)31-16-7-5-15(6-8-16)27(29)30/h5-8,10-11,13-14,17H,1-4,9,12H2. The van der Waals surface area contributed by atoms with E-state index in [1.165, 1.54) is 37.1 Å². The average Bonchev–Trinajstić information content (AvgIpc) is 3.39. The summed E-state index contributed by atoms with van der Waals surface area (Å²) < 4.78 is 12.8. The van der Waals surface area contributed by atoms with Crippen LogP contribution < -0.4 is 4.74 Å². The molecule has 1 aromatic heterocycles. The lowest BCUT2D eigenvalue weighted by molar-refractivity contribution is -0.384. The third-order valence-electron chi connectivity index (χ3n) is 5.65. The van der Waals surface area contributed by atoms with Crippen LogP contribution in [0.5, 0.6) is 5.75 Å². The summed E-state index contributed by atoms with van der Waals surface area (Å²) in [5.41, 5.74) is 1.41. The summed E-state index contributed by atoms with van der Waals surface area (Å²) in [6, 6.07) is 8.71. The quantitative estimate of drug-likeness (QED) is 0.168. The van der Waals surface area contributed by atoms with Crippen molar-refractivity contribution in [3.8, 4) is 5.75 Å². The van der Waals surface area contributed by atoms with Crippen LogP contribution in [0.2, 0.25) is 10.0 Å². The number of nitro benzene ring substituents is 1. The molecule has 1 heterocycles. The summed E-state index contributed by atoms with van der Waals surface area (Å²) in [5.74, 6) is 0.648. The van der Waals surface area contributed by atoms with E-state index in [2.05, 4.69) is 4.98 Å². The van der Waals surface area contributed by atoms with Crippen molar-refractivity contribution in [1.29, 1.82) is 0 Å². The van der Waals surface area contributed by atoms with E-state index in [4.69, 9.17) is 32.7 Å². The molecule has 0 radical (unpaired) electrons. The number of benzene rings is 2. The molecule has 0 saturated heterocycles. The second kappa shape index (κ2) is 9.75. The zero-order valence-electron chi connectivity index (χ0n) is 17.1. The number of rotatable bonds is 7. The number of fused-ring (bicyclic) bond motifs is 1. The Kier molecular flexibility index (Phi) is 6.81. The SMILES string of the molecule is O=C(Oc1ccc([N+](=O)[O-])cc1)OC(CC1CCCC1)Cn1cnc2cc(Cl)c(Cl)cc21. The summed E-state index contributed by atoms with van der Waals surface area (Å²) in [6.07, 6.45) is 5.63. The predicted octanol–water partition coefficient (Wildman–Crippen LogP) is 6.42. The van der Waals surface area contributed by atoms with Crippen LogP contribution in [0.4, 0.5) is 10.5 Å². The number of imidazole rings is 1. The van der Waals surface area contributed by atoms with Crippen LogP contribution in [-0.4, -0.2) is 26.7 Å². The summed E-state index contributed by atoms with van der Waals surface area (Å²) >= 11 is 12.3. The Morgan fingerprint density at radius 2 is 1.88 bits per heavy atom. The molecule has 2 aromatic carbocycles. The van der Waals surface area contributed by atoms with Gasteiger partial charge in [0, 0.05) is 12.1 Å². The highest BCUT2D eigenvalue weighted by Gasteiger charge is 2.25. The fraction of sp³-hybridized carbons (Fsp3) is 0.364. The molecular weight excluding hydrogens is 457 g/mol. The normalized spacial score (nSPS) is 15.1. The van der Waals surface area contributed by atoms with E-state index in [-0.39, 0.29) is 11.4 Å². The molecule has 10 heteroatoms. The predicted molar refractivity (Wildman–Crippen MR) is 120 cm³/mol. The number of aromatic nitrogens is 2. The molecule has 1 aliphatic carbocycles. The number of non-ortho nitro benzene ring substituents is 1. The van der Waals surface area contributed by atoms with E-state index >= 15 is 0 Å². The monoisotopic (exact) mass is 477 g/mol. The highest BCUT2D eigenvalue weighted by Crippen LogP contribution is 2.31. The zero-order valence-corrected chi connectivity index (χ0v) is 18.6. The Bertz CT molecular complexity index is 1130. The first-order valence-corrected chi connectivity index (χ1v) is 11.1. The summed E-state index contributed by atoms with van der Waals surface area (Å²) in [6.45, 7) is 0.389. The van der Waals surface area contributed by atoms with Crippen molar-refractivity contribution in [1.82, 2.24) is 9.55 Å². The van der Waals surface area contributed by atoms with Crippen LogP contribution in [0.25, 0.3) is 11.0 Å². The maximum atomic E-state index is 12.5. The largest absolute Gasteiger partial charge is 0.514 e. The molecule has 168 valence electrons. The molecule has 1 saturated carbocycles. The number of nitro groups is 1. The van der Waals surface area contributed by atoms with Gasteiger partial charge in [-0.3, -0.25) is 10.1 Å². The van der Waals surface area contributed by atoms with Gasteiger partial charge in [0.25, 0.3) is 5.69 Å². The molecule has 0 amide bonds. The fourth-order valence-electron chi connectivity index (χ4n) is 4.09. The maximum absolute atomic E-state index is 12.5. The van der Waals surface area contributed by atoms with Crippen LogP contribution in [-0.2, 0) is 11.3 Å². The molecule has 1 aliphatic rings. The number of halogens is 2. The van der Waals surface area contributed by atoms with Crippen molar-refractivity contribution in [3.63, 3.8) is 0 Å². The minimum absolute atomic E-state index is 0.0874. The van der Waals surface area contributed by atoms with Crippen LogP contribution in [0.1, 0.15) is 32.1 Å². The van der Waals surface area contributed by atoms with Gasteiger partial charge < -0.3 is 14.0 Å². The molecule has 4 rings (SSSR count).